The van der Waals surface area contributed by atoms with Crippen molar-refractivity contribution in [3.63, 3.8) is 0 Å². The topological polar surface area (TPSA) is 26.0 Å². The Morgan fingerprint density at radius 2 is 0.913 bits per heavy atom. The maximum absolute atomic E-state index is 6.73. The highest BCUT2D eigenvalue weighted by molar-refractivity contribution is 5.56. The SMILES string of the molecule is Nc1c(C2CCCCCCC2)cccc1C1CCCCCCC1. The molecule has 0 saturated heterocycles. The first-order valence-corrected chi connectivity index (χ1v) is 10.2. The van der Waals surface area contributed by atoms with Crippen molar-refractivity contribution in [2.75, 3.05) is 5.73 Å². The van der Waals surface area contributed by atoms with Crippen LogP contribution in [0.15, 0.2) is 18.2 Å². The molecule has 1 aromatic carbocycles. The van der Waals surface area contributed by atoms with Crippen LogP contribution in [0.25, 0.3) is 0 Å². The predicted octanol–water partition coefficient (Wildman–Crippen LogP) is 6.92. The van der Waals surface area contributed by atoms with Gasteiger partial charge in [0.1, 0.15) is 0 Å². The highest BCUT2D eigenvalue weighted by Gasteiger charge is 2.21. The van der Waals surface area contributed by atoms with E-state index in [1.165, 1.54) is 101 Å². The van der Waals surface area contributed by atoms with Gasteiger partial charge >= 0.3 is 0 Å². The van der Waals surface area contributed by atoms with Crippen molar-refractivity contribution >= 4 is 5.69 Å². The minimum absolute atomic E-state index is 0.712. The van der Waals surface area contributed by atoms with Gasteiger partial charge in [0.25, 0.3) is 0 Å². The van der Waals surface area contributed by atoms with Crippen LogP contribution in [0.1, 0.15) is 113 Å². The Morgan fingerprint density at radius 1 is 0.565 bits per heavy atom. The summed E-state index contributed by atoms with van der Waals surface area (Å²) in [5.74, 6) is 1.42. The van der Waals surface area contributed by atoms with Gasteiger partial charge in [-0.2, -0.15) is 0 Å². The third-order valence-corrected chi connectivity index (χ3v) is 6.26. The van der Waals surface area contributed by atoms with Crippen molar-refractivity contribution in [2.45, 2.75) is 102 Å². The number of hydrogen-bond acceptors (Lipinski definition) is 1. The molecule has 0 aromatic heterocycles. The fraction of sp³-hybridized carbons (Fsp3) is 0.727. The Bertz CT molecular complexity index is 423. The summed E-state index contributed by atoms with van der Waals surface area (Å²) in [6.07, 6.45) is 19.5. The second-order valence-corrected chi connectivity index (χ2v) is 7.93. The molecule has 2 saturated carbocycles. The summed E-state index contributed by atoms with van der Waals surface area (Å²) < 4.78 is 0. The molecule has 2 aliphatic rings. The number of anilines is 1. The van der Waals surface area contributed by atoms with Gasteiger partial charge in [-0.25, -0.2) is 0 Å². The van der Waals surface area contributed by atoms with Gasteiger partial charge in [-0.3, -0.25) is 0 Å². The Hall–Kier alpha value is -0.980. The lowest BCUT2D eigenvalue weighted by Crippen LogP contribution is -2.11. The van der Waals surface area contributed by atoms with Crippen LogP contribution in [0, 0.1) is 0 Å². The van der Waals surface area contributed by atoms with E-state index < -0.39 is 0 Å². The van der Waals surface area contributed by atoms with Crippen LogP contribution in [0.4, 0.5) is 5.69 Å². The number of hydrogen-bond donors (Lipinski definition) is 1. The molecular weight excluding hydrogens is 278 g/mol. The summed E-state index contributed by atoms with van der Waals surface area (Å²) in [7, 11) is 0. The maximum Gasteiger partial charge on any atom is 0.0384 e. The zero-order chi connectivity index (χ0) is 15.9. The van der Waals surface area contributed by atoms with Crippen molar-refractivity contribution in [1.29, 1.82) is 0 Å². The van der Waals surface area contributed by atoms with Gasteiger partial charge in [0.05, 0.1) is 0 Å². The normalized spacial score (nSPS) is 22.8. The number of benzene rings is 1. The van der Waals surface area contributed by atoms with Gasteiger partial charge in [0, 0.05) is 5.69 Å². The van der Waals surface area contributed by atoms with Crippen LogP contribution in [-0.4, -0.2) is 0 Å². The van der Waals surface area contributed by atoms with E-state index in [1.54, 1.807) is 0 Å². The molecule has 2 N–H and O–H groups in total. The molecule has 0 aliphatic heterocycles. The fourth-order valence-electron chi connectivity index (χ4n) is 4.85. The van der Waals surface area contributed by atoms with Gasteiger partial charge in [-0.05, 0) is 48.6 Å². The highest BCUT2D eigenvalue weighted by atomic mass is 14.6. The summed E-state index contributed by atoms with van der Waals surface area (Å²) in [4.78, 5) is 0. The smallest absolute Gasteiger partial charge is 0.0384 e. The van der Waals surface area contributed by atoms with E-state index in [4.69, 9.17) is 5.73 Å². The average molecular weight is 314 g/mol. The molecule has 2 aliphatic carbocycles. The van der Waals surface area contributed by atoms with Gasteiger partial charge in [0.2, 0.25) is 0 Å². The molecule has 0 amide bonds. The number of para-hydroxylation sites is 1. The largest absolute Gasteiger partial charge is 0.398 e. The molecule has 0 heterocycles. The Morgan fingerprint density at radius 3 is 1.30 bits per heavy atom. The monoisotopic (exact) mass is 313 g/mol. The van der Waals surface area contributed by atoms with Crippen molar-refractivity contribution in [2.24, 2.45) is 0 Å². The van der Waals surface area contributed by atoms with E-state index in [9.17, 15) is 0 Å². The minimum atomic E-state index is 0.712. The van der Waals surface area contributed by atoms with Crippen LogP contribution in [0.3, 0.4) is 0 Å². The molecule has 3 rings (SSSR count). The van der Waals surface area contributed by atoms with Crippen molar-refractivity contribution < 1.29 is 0 Å². The Kier molecular flexibility index (Phi) is 6.42. The van der Waals surface area contributed by atoms with Crippen LogP contribution in [0.2, 0.25) is 0 Å². The lowest BCUT2D eigenvalue weighted by Gasteiger charge is -2.26. The maximum atomic E-state index is 6.73. The standard InChI is InChI=1S/C22H35N/c23-22-20(18-12-7-3-1-4-8-13-18)16-11-17-21(22)19-14-9-5-2-6-10-15-19/h11,16-19H,1-10,12-15,23H2. The van der Waals surface area contributed by atoms with Gasteiger partial charge in [-0.15, -0.1) is 0 Å². The lowest BCUT2D eigenvalue weighted by atomic mass is 9.80. The third-order valence-electron chi connectivity index (χ3n) is 6.26. The Balaban J connectivity index is 1.78. The fourth-order valence-corrected chi connectivity index (χ4v) is 4.85. The van der Waals surface area contributed by atoms with Gasteiger partial charge in [0.15, 0.2) is 0 Å². The molecule has 128 valence electrons. The highest BCUT2D eigenvalue weighted by Crippen LogP contribution is 2.40. The predicted molar refractivity (Wildman–Crippen MR) is 101 cm³/mol. The second-order valence-electron chi connectivity index (χ2n) is 7.93. The quantitative estimate of drug-likeness (QED) is 0.589. The molecule has 23 heavy (non-hydrogen) atoms. The zero-order valence-corrected chi connectivity index (χ0v) is 14.9. The first-order chi connectivity index (χ1) is 11.4. The number of rotatable bonds is 2. The van der Waals surface area contributed by atoms with Crippen LogP contribution >= 0.6 is 0 Å². The molecule has 1 heteroatoms. The molecule has 0 spiro atoms. The average Bonchev–Trinajstić information content (AvgIpc) is 2.48. The van der Waals surface area contributed by atoms with Gasteiger partial charge < -0.3 is 5.73 Å². The molecule has 2 fully saturated rings. The number of nitrogen functional groups attached to an aromatic ring is 1. The summed E-state index contributed by atoms with van der Waals surface area (Å²) in [5.41, 5.74) is 10.8. The molecule has 0 unspecified atom stereocenters. The minimum Gasteiger partial charge on any atom is -0.398 e. The van der Waals surface area contributed by atoms with Crippen LogP contribution in [-0.2, 0) is 0 Å². The molecule has 0 atom stereocenters. The lowest BCUT2D eigenvalue weighted by molar-refractivity contribution is 0.450. The molecule has 1 nitrogen and oxygen atoms in total. The van der Waals surface area contributed by atoms with E-state index in [0.29, 0.717) is 11.8 Å². The summed E-state index contributed by atoms with van der Waals surface area (Å²) in [5, 5.41) is 0. The first-order valence-electron chi connectivity index (χ1n) is 10.2. The zero-order valence-electron chi connectivity index (χ0n) is 14.9. The number of nitrogens with two attached hydrogens (primary N) is 1. The van der Waals surface area contributed by atoms with E-state index >= 15 is 0 Å². The van der Waals surface area contributed by atoms with Crippen molar-refractivity contribution in [1.82, 2.24) is 0 Å². The third kappa shape index (κ3) is 4.52. The molecule has 0 bridgehead atoms. The molecule has 1 aromatic rings. The first kappa shape index (κ1) is 16.9. The van der Waals surface area contributed by atoms with E-state index in [2.05, 4.69) is 18.2 Å². The summed E-state index contributed by atoms with van der Waals surface area (Å²) in [6, 6.07) is 6.95. The molecule has 0 radical (unpaired) electrons. The van der Waals surface area contributed by atoms with E-state index in [0.717, 1.165) is 5.69 Å². The second kappa shape index (κ2) is 8.76. The van der Waals surface area contributed by atoms with Crippen molar-refractivity contribution in [3.8, 4) is 0 Å². The van der Waals surface area contributed by atoms with E-state index in [1.807, 2.05) is 0 Å². The van der Waals surface area contributed by atoms with Gasteiger partial charge in [-0.1, -0.05) is 82.4 Å². The Labute approximate surface area is 143 Å². The van der Waals surface area contributed by atoms with E-state index in [-0.39, 0.29) is 0 Å². The van der Waals surface area contributed by atoms with Crippen LogP contribution in [0.5, 0.6) is 0 Å². The molecular formula is C22H35N. The van der Waals surface area contributed by atoms with Crippen molar-refractivity contribution in [3.05, 3.63) is 29.3 Å². The summed E-state index contributed by atoms with van der Waals surface area (Å²) in [6.45, 7) is 0. The summed E-state index contributed by atoms with van der Waals surface area (Å²) >= 11 is 0. The van der Waals surface area contributed by atoms with Crippen LogP contribution < -0.4 is 5.73 Å².